The molecule has 0 aromatic heterocycles. The molecule has 0 saturated heterocycles. The second-order valence-corrected chi connectivity index (χ2v) is 4.26. The molecule has 0 radical (unpaired) electrons. The SMILES string of the molecule is O=C(NC1CC1)c1c(F)ccc(F)c1Br. The zero-order chi connectivity index (χ0) is 11.0. The average Bonchev–Trinajstić information content (AvgIpc) is 2.96. The van der Waals surface area contributed by atoms with Gasteiger partial charge >= 0.3 is 0 Å². The summed E-state index contributed by atoms with van der Waals surface area (Å²) in [6, 6.07) is 2.04. The van der Waals surface area contributed by atoms with Crippen LogP contribution in [0.25, 0.3) is 0 Å². The predicted octanol–water partition coefficient (Wildman–Crippen LogP) is 2.62. The van der Waals surface area contributed by atoms with Crippen LogP contribution in [0.4, 0.5) is 8.78 Å². The summed E-state index contributed by atoms with van der Waals surface area (Å²) in [6.07, 6.45) is 1.81. The van der Waals surface area contributed by atoms with E-state index in [-0.39, 0.29) is 16.1 Å². The predicted molar refractivity (Wildman–Crippen MR) is 54.5 cm³/mol. The van der Waals surface area contributed by atoms with Crippen LogP contribution in [-0.2, 0) is 0 Å². The largest absolute Gasteiger partial charge is 0.349 e. The van der Waals surface area contributed by atoms with Crippen LogP contribution in [-0.4, -0.2) is 11.9 Å². The van der Waals surface area contributed by atoms with E-state index in [9.17, 15) is 13.6 Å². The van der Waals surface area contributed by atoms with E-state index in [0.717, 1.165) is 25.0 Å². The smallest absolute Gasteiger partial charge is 0.255 e. The summed E-state index contributed by atoms with van der Waals surface area (Å²) in [5, 5.41) is 2.60. The molecule has 0 aliphatic heterocycles. The number of amides is 1. The first kappa shape index (κ1) is 10.5. The van der Waals surface area contributed by atoms with Crippen LogP contribution >= 0.6 is 15.9 Å². The molecule has 2 rings (SSSR count). The molecule has 1 N–H and O–H groups in total. The summed E-state index contributed by atoms with van der Waals surface area (Å²) in [4.78, 5) is 11.5. The topological polar surface area (TPSA) is 29.1 Å². The van der Waals surface area contributed by atoms with Crippen molar-refractivity contribution in [2.45, 2.75) is 18.9 Å². The maximum Gasteiger partial charge on any atom is 0.255 e. The van der Waals surface area contributed by atoms with Gasteiger partial charge in [-0.3, -0.25) is 4.79 Å². The second-order valence-electron chi connectivity index (χ2n) is 3.47. The molecule has 1 amide bonds. The van der Waals surface area contributed by atoms with Crippen molar-refractivity contribution in [3.05, 3.63) is 33.8 Å². The van der Waals surface area contributed by atoms with Crippen molar-refractivity contribution in [2.75, 3.05) is 0 Å². The minimum absolute atomic E-state index is 0.118. The standard InChI is InChI=1S/C10H8BrF2NO/c11-9-7(13)4-3-6(12)8(9)10(15)14-5-1-2-5/h3-5H,1-2H2,(H,14,15). The summed E-state index contributed by atoms with van der Waals surface area (Å²) in [5.74, 6) is -1.93. The van der Waals surface area contributed by atoms with Crippen LogP contribution in [0.3, 0.4) is 0 Å². The van der Waals surface area contributed by atoms with Crippen molar-refractivity contribution in [3.63, 3.8) is 0 Å². The molecule has 2 nitrogen and oxygen atoms in total. The number of carbonyl (C=O) groups is 1. The molecule has 1 aliphatic rings. The molecule has 15 heavy (non-hydrogen) atoms. The van der Waals surface area contributed by atoms with Gasteiger partial charge in [-0.15, -0.1) is 0 Å². The molecular formula is C10H8BrF2NO. The van der Waals surface area contributed by atoms with Gasteiger partial charge in [-0.05, 0) is 40.9 Å². The lowest BCUT2D eigenvalue weighted by atomic mass is 10.2. The van der Waals surface area contributed by atoms with Crippen LogP contribution < -0.4 is 5.32 Å². The number of hydrogen-bond donors (Lipinski definition) is 1. The molecule has 1 fully saturated rings. The average molecular weight is 276 g/mol. The minimum Gasteiger partial charge on any atom is -0.349 e. The molecule has 1 saturated carbocycles. The summed E-state index contributed by atoms with van der Waals surface area (Å²) in [5.41, 5.74) is -0.262. The summed E-state index contributed by atoms with van der Waals surface area (Å²) in [6.45, 7) is 0. The van der Waals surface area contributed by atoms with Crippen molar-refractivity contribution in [2.24, 2.45) is 0 Å². The quantitative estimate of drug-likeness (QED) is 0.826. The third kappa shape index (κ3) is 2.17. The van der Waals surface area contributed by atoms with Crippen molar-refractivity contribution in [1.29, 1.82) is 0 Å². The lowest BCUT2D eigenvalue weighted by Crippen LogP contribution is -2.26. The van der Waals surface area contributed by atoms with Crippen molar-refractivity contribution in [1.82, 2.24) is 5.32 Å². The number of nitrogens with one attached hydrogen (secondary N) is 1. The van der Waals surface area contributed by atoms with E-state index in [1.165, 1.54) is 0 Å². The number of halogens is 3. The molecule has 0 heterocycles. The molecular weight excluding hydrogens is 268 g/mol. The van der Waals surface area contributed by atoms with Crippen LogP contribution in [0.15, 0.2) is 16.6 Å². The van der Waals surface area contributed by atoms with Crippen molar-refractivity contribution in [3.8, 4) is 0 Å². The molecule has 1 aliphatic carbocycles. The highest BCUT2D eigenvalue weighted by Crippen LogP contribution is 2.25. The van der Waals surface area contributed by atoms with E-state index in [2.05, 4.69) is 21.2 Å². The molecule has 0 unspecified atom stereocenters. The third-order valence-electron chi connectivity index (χ3n) is 2.18. The van der Waals surface area contributed by atoms with Gasteiger partial charge in [0, 0.05) is 6.04 Å². The van der Waals surface area contributed by atoms with Gasteiger partial charge in [0.25, 0.3) is 5.91 Å². The van der Waals surface area contributed by atoms with E-state index >= 15 is 0 Å². The van der Waals surface area contributed by atoms with Crippen molar-refractivity contribution < 1.29 is 13.6 Å². The van der Waals surface area contributed by atoms with Gasteiger partial charge in [0.1, 0.15) is 11.6 Å². The lowest BCUT2D eigenvalue weighted by Gasteiger charge is -2.07. The Morgan fingerprint density at radius 1 is 1.33 bits per heavy atom. The highest BCUT2D eigenvalue weighted by molar-refractivity contribution is 9.10. The molecule has 5 heteroatoms. The fourth-order valence-corrected chi connectivity index (χ4v) is 1.72. The minimum atomic E-state index is -0.721. The molecule has 0 bridgehead atoms. The lowest BCUT2D eigenvalue weighted by molar-refractivity contribution is 0.0945. The van der Waals surface area contributed by atoms with Gasteiger partial charge in [-0.2, -0.15) is 0 Å². The van der Waals surface area contributed by atoms with Gasteiger partial charge in [0.2, 0.25) is 0 Å². The Kier molecular flexibility index (Phi) is 2.73. The highest BCUT2D eigenvalue weighted by Gasteiger charge is 2.26. The van der Waals surface area contributed by atoms with E-state index in [4.69, 9.17) is 0 Å². The Balaban J connectivity index is 2.32. The number of rotatable bonds is 2. The van der Waals surface area contributed by atoms with E-state index in [1.54, 1.807) is 0 Å². The van der Waals surface area contributed by atoms with E-state index in [0.29, 0.717) is 0 Å². The van der Waals surface area contributed by atoms with Crippen LogP contribution in [0.2, 0.25) is 0 Å². The fraction of sp³-hybridized carbons (Fsp3) is 0.300. The number of hydrogen-bond acceptors (Lipinski definition) is 1. The summed E-state index contributed by atoms with van der Waals surface area (Å²) >= 11 is 2.87. The molecule has 1 aromatic carbocycles. The molecule has 80 valence electrons. The Labute approximate surface area is 93.8 Å². The number of carbonyl (C=O) groups excluding carboxylic acids is 1. The van der Waals surface area contributed by atoms with Crippen LogP contribution in [0, 0.1) is 11.6 Å². The molecule has 1 aromatic rings. The van der Waals surface area contributed by atoms with Crippen LogP contribution in [0.1, 0.15) is 23.2 Å². The monoisotopic (exact) mass is 275 g/mol. The number of benzene rings is 1. The van der Waals surface area contributed by atoms with Gasteiger partial charge in [-0.25, -0.2) is 8.78 Å². The summed E-state index contributed by atoms with van der Waals surface area (Å²) in [7, 11) is 0. The normalized spacial score (nSPS) is 15.1. The second kappa shape index (κ2) is 3.89. The Bertz CT molecular complexity index is 418. The van der Waals surface area contributed by atoms with Crippen LogP contribution in [0.5, 0.6) is 0 Å². The molecule has 0 atom stereocenters. The summed E-state index contributed by atoms with van der Waals surface area (Å²) < 4.78 is 26.2. The maximum atomic E-state index is 13.3. The van der Waals surface area contributed by atoms with Gasteiger partial charge < -0.3 is 5.32 Å². The zero-order valence-electron chi connectivity index (χ0n) is 7.69. The van der Waals surface area contributed by atoms with Crippen molar-refractivity contribution >= 4 is 21.8 Å². The molecule has 0 spiro atoms. The first-order valence-corrected chi connectivity index (χ1v) is 5.33. The Morgan fingerprint density at radius 2 is 1.93 bits per heavy atom. The highest BCUT2D eigenvalue weighted by atomic mass is 79.9. The first-order valence-electron chi connectivity index (χ1n) is 4.54. The zero-order valence-corrected chi connectivity index (χ0v) is 9.27. The first-order chi connectivity index (χ1) is 7.09. The van der Waals surface area contributed by atoms with Gasteiger partial charge in [0.15, 0.2) is 0 Å². The Morgan fingerprint density at radius 3 is 2.53 bits per heavy atom. The third-order valence-corrected chi connectivity index (χ3v) is 2.96. The fourth-order valence-electron chi connectivity index (χ4n) is 1.22. The van der Waals surface area contributed by atoms with Gasteiger partial charge in [-0.1, -0.05) is 0 Å². The Hall–Kier alpha value is -0.970. The van der Waals surface area contributed by atoms with Gasteiger partial charge in [0.05, 0.1) is 10.0 Å². The van der Waals surface area contributed by atoms with E-state index < -0.39 is 17.5 Å². The maximum absolute atomic E-state index is 13.3. The van der Waals surface area contributed by atoms with E-state index in [1.807, 2.05) is 0 Å².